The highest BCUT2D eigenvalue weighted by molar-refractivity contribution is 5.92. The predicted octanol–water partition coefficient (Wildman–Crippen LogP) is 3.78. The van der Waals surface area contributed by atoms with Gasteiger partial charge in [0.25, 0.3) is 0 Å². The van der Waals surface area contributed by atoms with Crippen LogP contribution in [0.4, 0.5) is 19.1 Å². The van der Waals surface area contributed by atoms with Gasteiger partial charge >= 0.3 is 0 Å². The minimum Gasteiger partial charge on any atom is -0.384 e. The molecule has 2 N–H and O–H groups in total. The molecule has 2 aromatic rings. The van der Waals surface area contributed by atoms with Crippen molar-refractivity contribution in [3.63, 3.8) is 0 Å². The summed E-state index contributed by atoms with van der Waals surface area (Å²) in [4.78, 5) is 16.6. The van der Waals surface area contributed by atoms with Gasteiger partial charge < -0.3 is 9.67 Å². The van der Waals surface area contributed by atoms with Gasteiger partial charge in [0.1, 0.15) is 24.8 Å². The highest BCUT2D eigenvalue weighted by Crippen LogP contribution is 2.44. The van der Waals surface area contributed by atoms with Crippen molar-refractivity contribution in [1.29, 1.82) is 0 Å². The number of benzene rings is 1. The summed E-state index contributed by atoms with van der Waals surface area (Å²) in [6.07, 6.45) is 4.11. The van der Waals surface area contributed by atoms with E-state index in [-0.39, 0.29) is 23.7 Å². The zero-order chi connectivity index (χ0) is 19.2. The molecule has 27 heavy (non-hydrogen) atoms. The first-order valence-corrected chi connectivity index (χ1v) is 9.29. The number of anilines is 1. The molecule has 2 aliphatic rings. The smallest absolute Gasteiger partial charge is 0.229 e. The van der Waals surface area contributed by atoms with Gasteiger partial charge in [-0.1, -0.05) is 0 Å². The monoisotopic (exact) mass is 381 g/mol. The van der Waals surface area contributed by atoms with Crippen LogP contribution in [0.3, 0.4) is 0 Å². The fraction of sp³-hybridized carbons (Fsp3) is 0.579. The summed E-state index contributed by atoms with van der Waals surface area (Å²) in [6.45, 7) is -2.71. The summed E-state index contributed by atoms with van der Waals surface area (Å²) >= 11 is 0. The van der Waals surface area contributed by atoms with Crippen molar-refractivity contribution in [2.45, 2.75) is 56.1 Å². The Hall–Kier alpha value is -2.09. The van der Waals surface area contributed by atoms with Crippen molar-refractivity contribution in [3.05, 3.63) is 23.5 Å². The lowest BCUT2D eigenvalue weighted by Gasteiger charge is -2.29. The lowest BCUT2D eigenvalue weighted by Crippen LogP contribution is -2.38. The number of imidazole rings is 1. The first kappa shape index (κ1) is 18.3. The second kappa shape index (κ2) is 6.82. The van der Waals surface area contributed by atoms with Crippen molar-refractivity contribution in [1.82, 2.24) is 9.55 Å². The Bertz CT molecular complexity index is 871. The van der Waals surface area contributed by atoms with E-state index in [1.165, 1.54) is 6.07 Å². The summed E-state index contributed by atoms with van der Waals surface area (Å²) in [6, 6.07) is 3.33. The Morgan fingerprint density at radius 3 is 2.52 bits per heavy atom. The molecule has 0 aliphatic heterocycles. The molecular formula is C19H22F3N3O2. The van der Waals surface area contributed by atoms with Crippen molar-refractivity contribution >= 4 is 22.9 Å². The SMILES string of the molecule is O=C(CC(O)(CF)CF)Nc1nc2cc(F)c(C3CC3)cc2n1C1CCC1. The van der Waals surface area contributed by atoms with E-state index in [0.717, 1.165) is 37.6 Å². The summed E-state index contributed by atoms with van der Waals surface area (Å²) in [5.74, 6) is -0.564. The third-order valence-corrected chi connectivity index (χ3v) is 5.50. The third kappa shape index (κ3) is 3.42. The second-order valence-electron chi connectivity index (χ2n) is 7.74. The Labute approximate surface area is 154 Å². The van der Waals surface area contributed by atoms with Crippen LogP contribution in [0.1, 0.15) is 56.0 Å². The molecule has 146 valence electrons. The Morgan fingerprint density at radius 2 is 1.96 bits per heavy atom. The zero-order valence-corrected chi connectivity index (χ0v) is 14.9. The van der Waals surface area contributed by atoms with E-state index in [1.54, 1.807) is 0 Å². The molecule has 0 radical (unpaired) electrons. The van der Waals surface area contributed by atoms with Crippen LogP contribution < -0.4 is 5.32 Å². The molecule has 4 rings (SSSR count). The van der Waals surface area contributed by atoms with Gasteiger partial charge in [-0.05, 0) is 49.7 Å². The average Bonchev–Trinajstić information content (AvgIpc) is 3.38. The Morgan fingerprint density at radius 1 is 1.26 bits per heavy atom. The van der Waals surface area contributed by atoms with Crippen molar-refractivity contribution < 1.29 is 23.1 Å². The number of carbonyl (C=O) groups excluding carboxylic acids is 1. The number of halogens is 3. The molecule has 2 saturated carbocycles. The van der Waals surface area contributed by atoms with E-state index in [2.05, 4.69) is 10.3 Å². The molecule has 0 bridgehead atoms. The second-order valence-corrected chi connectivity index (χ2v) is 7.74. The number of aliphatic hydroxyl groups is 1. The van der Waals surface area contributed by atoms with E-state index >= 15 is 0 Å². The standard InChI is InChI=1S/C19H22F3N3O2/c20-9-19(27,10-21)8-17(26)24-18-23-15-7-14(22)13(11-4-5-11)6-16(15)25(18)12-2-1-3-12/h6-7,11-12,27H,1-5,8-10H2,(H,23,24,26). The fourth-order valence-electron chi connectivity index (χ4n) is 3.54. The third-order valence-electron chi connectivity index (χ3n) is 5.50. The summed E-state index contributed by atoms with van der Waals surface area (Å²) in [5.41, 5.74) is -0.470. The van der Waals surface area contributed by atoms with Gasteiger partial charge in [0.05, 0.1) is 17.5 Å². The van der Waals surface area contributed by atoms with Gasteiger partial charge in [-0.3, -0.25) is 10.1 Å². The van der Waals surface area contributed by atoms with Crippen LogP contribution in [-0.4, -0.2) is 39.5 Å². The molecule has 1 heterocycles. The quantitative estimate of drug-likeness (QED) is 0.767. The number of nitrogens with one attached hydrogen (secondary N) is 1. The first-order chi connectivity index (χ1) is 12.9. The number of alkyl halides is 2. The Balaban J connectivity index is 1.68. The van der Waals surface area contributed by atoms with E-state index < -0.39 is 31.3 Å². The highest BCUT2D eigenvalue weighted by atomic mass is 19.1. The highest BCUT2D eigenvalue weighted by Gasteiger charge is 2.33. The maximum atomic E-state index is 14.4. The maximum Gasteiger partial charge on any atom is 0.229 e. The number of fused-ring (bicyclic) bond motifs is 1. The predicted molar refractivity (Wildman–Crippen MR) is 94.7 cm³/mol. The van der Waals surface area contributed by atoms with Crippen LogP contribution >= 0.6 is 0 Å². The number of aromatic nitrogens is 2. The minimum atomic E-state index is -2.33. The largest absolute Gasteiger partial charge is 0.384 e. The molecule has 0 saturated heterocycles. The molecule has 0 atom stereocenters. The molecular weight excluding hydrogens is 359 g/mol. The van der Waals surface area contributed by atoms with Gasteiger partial charge in [-0.25, -0.2) is 18.2 Å². The van der Waals surface area contributed by atoms with E-state index in [1.807, 2.05) is 10.6 Å². The normalized spacial score (nSPS) is 17.9. The molecule has 5 nitrogen and oxygen atoms in total. The van der Waals surface area contributed by atoms with Crippen LogP contribution in [0, 0.1) is 5.82 Å². The summed E-state index contributed by atoms with van der Waals surface area (Å²) < 4.78 is 41.9. The van der Waals surface area contributed by atoms with Gasteiger partial charge in [-0.15, -0.1) is 0 Å². The van der Waals surface area contributed by atoms with Gasteiger partial charge in [-0.2, -0.15) is 0 Å². The molecule has 1 amide bonds. The maximum absolute atomic E-state index is 14.4. The van der Waals surface area contributed by atoms with Crippen LogP contribution in [-0.2, 0) is 4.79 Å². The van der Waals surface area contributed by atoms with Crippen molar-refractivity contribution in [2.75, 3.05) is 18.7 Å². The van der Waals surface area contributed by atoms with E-state index in [9.17, 15) is 23.1 Å². The van der Waals surface area contributed by atoms with Crippen LogP contribution in [0.2, 0.25) is 0 Å². The van der Waals surface area contributed by atoms with E-state index in [0.29, 0.717) is 11.1 Å². The van der Waals surface area contributed by atoms with E-state index in [4.69, 9.17) is 0 Å². The summed E-state index contributed by atoms with van der Waals surface area (Å²) in [5, 5.41) is 12.3. The number of rotatable bonds is 7. The average molecular weight is 381 g/mol. The topological polar surface area (TPSA) is 67.2 Å². The number of amides is 1. The molecule has 0 unspecified atom stereocenters. The number of nitrogens with zero attached hydrogens (tertiary/aromatic N) is 2. The fourth-order valence-corrected chi connectivity index (χ4v) is 3.54. The summed E-state index contributed by atoms with van der Waals surface area (Å²) in [7, 11) is 0. The van der Waals surface area contributed by atoms with Crippen LogP contribution in [0.25, 0.3) is 11.0 Å². The molecule has 0 spiro atoms. The number of hydrogen-bond acceptors (Lipinski definition) is 3. The molecule has 1 aromatic carbocycles. The van der Waals surface area contributed by atoms with Crippen molar-refractivity contribution in [3.8, 4) is 0 Å². The minimum absolute atomic E-state index is 0.143. The zero-order valence-electron chi connectivity index (χ0n) is 14.9. The van der Waals surface area contributed by atoms with Gasteiger partial charge in [0, 0.05) is 12.1 Å². The molecule has 1 aromatic heterocycles. The first-order valence-electron chi connectivity index (χ1n) is 9.29. The lowest BCUT2D eigenvalue weighted by molar-refractivity contribution is -0.122. The molecule has 8 heteroatoms. The van der Waals surface area contributed by atoms with Crippen LogP contribution in [0.5, 0.6) is 0 Å². The van der Waals surface area contributed by atoms with Gasteiger partial charge in [0.15, 0.2) is 0 Å². The number of hydrogen-bond donors (Lipinski definition) is 2. The van der Waals surface area contributed by atoms with Crippen LogP contribution in [0.15, 0.2) is 12.1 Å². The Kier molecular flexibility index (Phi) is 4.61. The number of carbonyl (C=O) groups is 1. The molecule has 2 fully saturated rings. The molecule has 2 aliphatic carbocycles. The lowest BCUT2D eigenvalue weighted by atomic mass is 9.92. The van der Waals surface area contributed by atoms with Gasteiger partial charge in [0.2, 0.25) is 11.9 Å². The van der Waals surface area contributed by atoms with Crippen molar-refractivity contribution in [2.24, 2.45) is 0 Å².